The molecule has 0 aliphatic rings. The number of pyridine rings is 1. The lowest BCUT2D eigenvalue weighted by Crippen LogP contribution is -2.27. The predicted molar refractivity (Wildman–Crippen MR) is 57.8 cm³/mol. The van der Waals surface area contributed by atoms with Gasteiger partial charge in [-0.25, -0.2) is 13.8 Å². The number of carbonyl (C=O) groups excluding carboxylic acids is 1. The summed E-state index contributed by atoms with van der Waals surface area (Å²) in [5.41, 5.74) is 5.77. The van der Waals surface area contributed by atoms with E-state index in [1.807, 2.05) is 0 Å². The SMILES string of the molecule is Nc1cc(C(=O)NCCOCC(F)F)ccn1. The van der Waals surface area contributed by atoms with Crippen molar-refractivity contribution in [1.29, 1.82) is 0 Å². The summed E-state index contributed by atoms with van der Waals surface area (Å²) in [6.07, 6.45) is -1.08. The van der Waals surface area contributed by atoms with E-state index in [1.54, 1.807) is 0 Å². The molecule has 1 amide bonds. The van der Waals surface area contributed by atoms with Crippen molar-refractivity contribution < 1.29 is 18.3 Å². The first-order chi connectivity index (χ1) is 8.09. The van der Waals surface area contributed by atoms with Gasteiger partial charge in [0.1, 0.15) is 12.4 Å². The largest absolute Gasteiger partial charge is 0.384 e. The molecule has 0 atom stereocenters. The number of alkyl halides is 2. The third-order valence-corrected chi connectivity index (χ3v) is 1.82. The number of nitrogens with zero attached hydrogens (tertiary/aromatic N) is 1. The molecule has 1 aromatic heterocycles. The number of ether oxygens (including phenoxy) is 1. The second-order valence-electron chi connectivity index (χ2n) is 3.19. The zero-order valence-corrected chi connectivity index (χ0v) is 9.03. The van der Waals surface area contributed by atoms with E-state index in [1.165, 1.54) is 18.3 Å². The second kappa shape index (κ2) is 6.74. The van der Waals surface area contributed by atoms with E-state index in [0.29, 0.717) is 5.56 Å². The van der Waals surface area contributed by atoms with Crippen molar-refractivity contribution >= 4 is 11.7 Å². The van der Waals surface area contributed by atoms with Crippen LogP contribution in [0.15, 0.2) is 18.3 Å². The molecule has 5 nitrogen and oxygen atoms in total. The number of nitrogens with one attached hydrogen (secondary N) is 1. The number of anilines is 1. The van der Waals surface area contributed by atoms with Gasteiger partial charge in [-0.15, -0.1) is 0 Å². The van der Waals surface area contributed by atoms with Gasteiger partial charge in [0.25, 0.3) is 12.3 Å². The molecule has 0 spiro atoms. The molecule has 0 fully saturated rings. The van der Waals surface area contributed by atoms with E-state index >= 15 is 0 Å². The van der Waals surface area contributed by atoms with E-state index in [4.69, 9.17) is 5.73 Å². The minimum Gasteiger partial charge on any atom is -0.384 e. The van der Waals surface area contributed by atoms with Gasteiger partial charge in [0.05, 0.1) is 6.61 Å². The fraction of sp³-hybridized carbons (Fsp3) is 0.400. The highest BCUT2D eigenvalue weighted by molar-refractivity contribution is 5.94. The quantitative estimate of drug-likeness (QED) is 0.722. The van der Waals surface area contributed by atoms with Crippen LogP contribution in [-0.2, 0) is 4.74 Å². The van der Waals surface area contributed by atoms with Crippen molar-refractivity contribution in [3.63, 3.8) is 0 Å². The Labute approximate surface area is 97.0 Å². The average Bonchev–Trinajstić information content (AvgIpc) is 2.28. The predicted octanol–water partition coefficient (Wildman–Crippen LogP) is 0.675. The Kier molecular flexibility index (Phi) is 5.28. The summed E-state index contributed by atoms with van der Waals surface area (Å²) in [6, 6.07) is 2.93. The van der Waals surface area contributed by atoms with E-state index in [9.17, 15) is 13.6 Å². The minimum atomic E-state index is -2.49. The van der Waals surface area contributed by atoms with E-state index in [2.05, 4.69) is 15.0 Å². The molecule has 0 aliphatic carbocycles. The Morgan fingerprint density at radius 2 is 2.35 bits per heavy atom. The van der Waals surface area contributed by atoms with Crippen molar-refractivity contribution in [3.05, 3.63) is 23.9 Å². The van der Waals surface area contributed by atoms with Crippen LogP contribution in [0, 0.1) is 0 Å². The fourth-order valence-corrected chi connectivity index (χ4v) is 1.10. The number of nitrogen functional groups attached to an aromatic ring is 1. The van der Waals surface area contributed by atoms with Crippen LogP contribution < -0.4 is 11.1 Å². The highest BCUT2D eigenvalue weighted by Crippen LogP contribution is 2.02. The van der Waals surface area contributed by atoms with Crippen LogP contribution in [-0.4, -0.2) is 37.1 Å². The summed E-state index contributed by atoms with van der Waals surface area (Å²) in [7, 11) is 0. The summed E-state index contributed by atoms with van der Waals surface area (Å²) in [6.45, 7) is -0.428. The van der Waals surface area contributed by atoms with Gasteiger partial charge in [0, 0.05) is 18.3 Å². The zero-order chi connectivity index (χ0) is 12.7. The zero-order valence-electron chi connectivity index (χ0n) is 9.03. The summed E-state index contributed by atoms with van der Waals surface area (Å²) in [4.78, 5) is 15.2. The van der Waals surface area contributed by atoms with Crippen LogP contribution in [0.2, 0.25) is 0 Å². The second-order valence-corrected chi connectivity index (χ2v) is 3.19. The Morgan fingerprint density at radius 1 is 1.59 bits per heavy atom. The Hall–Kier alpha value is -1.76. The van der Waals surface area contributed by atoms with Crippen molar-refractivity contribution in [3.8, 4) is 0 Å². The van der Waals surface area contributed by atoms with Crippen molar-refractivity contribution in [2.24, 2.45) is 0 Å². The molecule has 94 valence electrons. The normalized spacial score (nSPS) is 10.5. The maximum atomic E-state index is 11.7. The number of rotatable bonds is 6. The molecule has 3 N–H and O–H groups in total. The highest BCUT2D eigenvalue weighted by Gasteiger charge is 2.06. The van der Waals surface area contributed by atoms with Crippen LogP contribution in [0.1, 0.15) is 10.4 Å². The molecule has 0 saturated heterocycles. The van der Waals surface area contributed by atoms with Gasteiger partial charge in [-0.2, -0.15) is 0 Å². The van der Waals surface area contributed by atoms with Gasteiger partial charge >= 0.3 is 0 Å². The Bertz CT molecular complexity index is 374. The van der Waals surface area contributed by atoms with E-state index in [-0.39, 0.29) is 24.9 Å². The third-order valence-electron chi connectivity index (χ3n) is 1.82. The molecule has 1 aromatic rings. The first-order valence-electron chi connectivity index (χ1n) is 4.95. The van der Waals surface area contributed by atoms with E-state index in [0.717, 1.165) is 0 Å². The lowest BCUT2D eigenvalue weighted by atomic mass is 10.2. The molecule has 0 aliphatic heterocycles. The molecular formula is C10H13F2N3O2. The molecule has 1 rings (SSSR count). The van der Waals surface area contributed by atoms with Crippen molar-refractivity contribution in [1.82, 2.24) is 10.3 Å². The van der Waals surface area contributed by atoms with Crippen molar-refractivity contribution in [2.45, 2.75) is 6.43 Å². The van der Waals surface area contributed by atoms with E-state index < -0.39 is 13.0 Å². The first kappa shape index (κ1) is 13.3. The van der Waals surface area contributed by atoms with Gasteiger partial charge in [0.2, 0.25) is 0 Å². The number of amides is 1. The van der Waals surface area contributed by atoms with Gasteiger partial charge in [-0.3, -0.25) is 4.79 Å². The number of hydrogen-bond donors (Lipinski definition) is 2. The average molecular weight is 245 g/mol. The van der Waals surface area contributed by atoms with Crippen LogP contribution in [0.25, 0.3) is 0 Å². The topological polar surface area (TPSA) is 77.2 Å². The van der Waals surface area contributed by atoms with Gasteiger partial charge in [-0.1, -0.05) is 0 Å². The molecule has 7 heteroatoms. The summed E-state index contributed by atoms with van der Waals surface area (Å²) in [5, 5.41) is 2.51. The number of nitrogens with two attached hydrogens (primary N) is 1. The highest BCUT2D eigenvalue weighted by atomic mass is 19.3. The maximum Gasteiger partial charge on any atom is 0.261 e. The smallest absolute Gasteiger partial charge is 0.261 e. The monoisotopic (exact) mass is 245 g/mol. The number of carbonyl (C=O) groups is 1. The number of halogens is 2. The molecule has 17 heavy (non-hydrogen) atoms. The fourth-order valence-electron chi connectivity index (χ4n) is 1.10. The Balaban J connectivity index is 2.26. The standard InChI is InChI=1S/C10H13F2N3O2/c11-8(12)6-17-4-3-15-10(16)7-1-2-14-9(13)5-7/h1-2,5,8H,3-4,6H2,(H2,13,14)(H,15,16). The molecule has 0 saturated carbocycles. The van der Waals surface area contributed by atoms with Crippen LogP contribution in [0.4, 0.5) is 14.6 Å². The van der Waals surface area contributed by atoms with Crippen LogP contribution in [0.3, 0.4) is 0 Å². The summed E-state index contributed by atoms with van der Waals surface area (Å²) < 4.78 is 28.0. The Morgan fingerprint density at radius 3 is 3.00 bits per heavy atom. The van der Waals surface area contributed by atoms with Crippen LogP contribution in [0.5, 0.6) is 0 Å². The lowest BCUT2D eigenvalue weighted by molar-refractivity contribution is 0.0188. The molecule has 0 bridgehead atoms. The molecule has 1 heterocycles. The summed E-state index contributed by atoms with van der Waals surface area (Å²) >= 11 is 0. The molecule has 0 unspecified atom stereocenters. The molecule has 0 aromatic carbocycles. The van der Waals surface area contributed by atoms with Gasteiger partial charge in [0.15, 0.2) is 0 Å². The maximum absolute atomic E-state index is 11.7. The van der Waals surface area contributed by atoms with Crippen molar-refractivity contribution in [2.75, 3.05) is 25.5 Å². The minimum absolute atomic E-state index is 0.0383. The molecular weight excluding hydrogens is 232 g/mol. The van der Waals surface area contributed by atoms with Crippen LogP contribution >= 0.6 is 0 Å². The number of aromatic nitrogens is 1. The third kappa shape index (κ3) is 5.21. The van der Waals surface area contributed by atoms with Gasteiger partial charge in [-0.05, 0) is 12.1 Å². The molecule has 0 radical (unpaired) electrons. The summed E-state index contributed by atoms with van der Waals surface area (Å²) in [5.74, 6) is -0.105. The van der Waals surface area contributed by atoms with Gasteiger partial charge < -0.3 is 15.8 Å². The number of hydrogen-bond acceptors (Lipinski definition) is 4. The lowest BCUT2D eigenvalue weighted by Gasteiger charge is -2.06. The first-order valence-corrected chi connectivity index (χ1v) is 4.95.